The van der Waals surface area contributed by atoms with Gasteiger partial charge in [-0.1, -0.05) is 30.3 Å². The minimum absolute atomic E-state index is 0.139. The lowest BCUT2D eigenvalue weighted by molar-refractivity contribution is -0.137. The van der Waals surface area contributed by atoms with Crippen LogP contribution in [0, 0.1) is 5.92 Å². The molecule has 1 aliphatic carbocycles. The molecular weight excluding hydrogens is 326 g/mol. The predicted molar refractivity (Wildman–Crippen MR) is 89.5 cm³/mol. The van der Waals surface area contributed by atoms with E-state index in [-0.39, 0.29) is 25.1 Å². The van der Waals surface area contributed by atoms with E-state index in [9.17, 15) is 19.8 Å². The summed E-state index contributed by atoms with van der Waals surface area (Å²) in [5.74, 6) is -1.05. The Bertz CT molecular complexity index is 630. The minimum atomic E-state index is -1.18. The topological polar surface area (TPSA) is 96.3 Å². The van der Waals surface area contributed by atoms with Crippen LogP contribution in [0.5, 0.6) is 0 Å². The van der Waals surface area contributed by atoms with Gasteiger partial charge in [-0.2, -0.15) is 0 Å². The molecule has 2 N–H and O–H groups in total. The molecule has 0 heterocycles. The SMILES string of the molecule is COC(=O)C1=C[C@H](O)[C@H](O)[C@H](CN(C)C(=O)OCc2ccccc2)C1. The van der Waals surface area contributed by atoms with Crippen molar-refractivity contribution in [2.24, 2.45) is 5.92 Å². The molecule has 1 aromatic carbocycles. The molecule has 0 aliphatic heterocycles. The number of carbonyl (C=O) groups excluding carboxylic acids is 2. The van der Waals surface area contributed by atoms with Crippen LogP contribution < -0.4 is 0 Å². The van der Waals surface area contributed by atoms with Crippen molar-refractivity contribution in [2.75, 3.05) is 20.7 Å². The van der Waals surface area contributed by atoms with E-state index in [1.807, 2.05) is 30.3 Å². The van der Waals surface area contributed by atoms with Gasteiger partial charge < -0.3 is 24.6 Å². The van der Waals surface area contributed by atoms with Crippen molar-refractivity contribution in [2.45, 2.75) is 25.2 Å². The van der Waals surface area contributed by atoms with E-state index in [1.165, 1.54) is 18.1 Å². The van der Waals surface area contributed by atoms with Crippen LogP contribution in [0.3, 0.4) is 0 Å². The summed E-state index contributed by atoms with van der Waals surface area (Å²) >= 11 is 0. The largest absolute Gasteiger partial charge is 0.466 e. The number of aliphatic hydroxyl groups excluding tert-OH is 2. The van der Waals surface area contributed by atoms with Crippen LogP contribution in [-0.4, -0.2) is 60.1 Å². The molecule has 3 atom stereocenters. The lowest BCUT2D eigenvalue weighted by Crippen LogP contribution is -2.44. The fourth-order valence-electron chi connectivity index (χ4n) is 2.77. The number of methoxy groups -OCH3 is 1. The Balaban J connectivity index is 1.92. The van der Waals surface area contributed by atoms with Gasteiger partial charge in [0.25, 0.3) is 0 Å². The number of amides is 1. The zero-order valence-electron chi connectivity index (χ0n) is 14.3. The Morgan fingerprint density at radius 3 is 2.56 bits per heavy atom. The molecule has 136 valence electrons. The van der Waals surface area contributed by atoms with Gasteiger partial charge in [0, 0.05) is 25.1 Å². The Morgan fingerprint density at radius 1 is 1.24 bits per heavy atom. The summed E-state index contributed by atoms with van der Waals surface area (Å²) in [6.07, 6.45) is -1.29. The van der Waals surface area contributed by atoms with Crippen molar-refractivity contribution < 1.29 is 29.3 Å². The Labute approximate surface area is 146 Å². The summed E-state index contributed by atoms with van der Waals surface area (Å²) in [6, 6.07) is 9.28. The molecule has 0 fully saturated rings. The zero-order chi connectivity index (χ0) is 18.4. The van der Waals surface area contributed by atoms with Crippen LogP contribution in [0.4, 0.5) is 4.79 Å². The van der Waals surface area contributed by atoms with Gasteiger partial charge in [0.1, 0.15) is 6.61 Å². The first-order chi connectivity index (χ1) is 11.9. The average molecular weight is 349 g/mol. The van der Waals surface area contributed by atoms with E-state index < -0.39 is 30.2 Å². The van der Waals surface area contributed by atoms with Crippen molar-refractivity contribution in [3.63, 3.8) is 0 Å². The summed E-state index contributed by atoms with van der Waals surface area (Å²) < 4.78 is 9.88. The minimum Gasteiger partial charge on any atom is -0.466 e. The number of nitrogens with zero attached hydrogens (tertiary/aromatic N) is 1. The number of benzene rings is 1. The van der Waals surface area contributed by atoms with Gasteiger partial charge in [0.05, 0.1) is 19.3 Å². The van der Waals surface area contributed by atoms with Gasteiger partial charge in [-0.05, 0) is 18.1 Å². The van der Waals surface area contributed by atoms with E-state index in [0.717, 1.165) is 5.56 Å². The molecular formula is C18H23NO6. The number of carbonyl (C=O) groups is 2. The highest BCUT2D eigenvalue weighted by Crippen LogP contribution is 2.26. The normalized spacial score (nSPS) is 22.7. The quantitative estimate of drug-likeness (QED) is 0.773. The maximum absolute atomic E-state index is 12.1. The smallest absolute Gasteiger partial charge is 0.409 e. The van der Waals surface area contributed by atoms with Crippen molar-refractivity contribution in [1.82, 2.24) is 4.90 Å². The van der Waals surface area contributed by atoms with Crippen LogP contribution in [0.2, 0.25) is 0 Å². The monoisotopic (exact) mass is 349 g/mol. The third-order valence-electron chi connectivity index (χ3n) is 4.16. The first-order valence-electron chi connectivity index (χ1n) is 7.99. The van der Waals surface area contributed by atoms with Crippen molar-refractivity contribution >= 4 is 12.1 Å². The number of hydrogen-bond acceptors (Lipinski definition) is 6. The maximum atomic E-state index is 12.1. The predicted octanol–water partition coefficient (Wildman–Crippen LogP) is 1.10. The fourth-order valence-corrected chi connectivity index (χ4v) is 2.77. The molecule has 25 heavy (non-hydrogen) atoms. The van der Waals surface area contributed by atoms with Gasteiger partial charge in [-0.3, -0.25) is 0 Å². The molecule has 0 saturated heterocycles. The second-order valence-electron chi connectivity index (χ2n) is 6.05. The van der Waals surface area contributed by atoms with Crippen molar-refractivity contribution in [1.29, 1.82) is 0 Å². The van der Waals surface area contributed by atoms with Crippen LogP contribution in [0.1, 0.15) is 12.0 Å². The standard InChI is InChI=1S/C18H23NO6/c1-19(18(23)25-11-12-6-4-3-5-7-12)10-14-8-13(17(22)24-2)9-15(20)16(14)21/h3-7,9,14-16,20-21H,8,10-11H2,1-2H3/t14-,15-,16+/m0/s1. The second kappa shape index (κ2) is 8.64. The van der Waals surface area contributed by atoms with Gasteiger partial charge >= 0.3 is 12.1 Å². The second-order valence-corrected chi connectivity index (χ2v) is 6.05. The Kier molecular flexibility index (Phi) is 6.55. The molecule has 7 nitrogen and oxygen atoms in total. The first-order valence-corrected chi connectivity index (χ1v) is 7.99. The lowest BCUT2D eigenvalue weighted by atomic mass is 9.84. The number of ether oxygens (including phenoxy) is 2. The summed E-state index contributed by atoms with van der Waals surface area (Å²) in [7, 11) is 2.80. The van der Waals surface area contributed by atoms with E-state index in [0.29, 0.717) is 0 Å². The van der Waals surface area contributed by atoms with Crippen LogP contribution >= 0.6 is 0 Å². The first kappa shape index (κ1) is 19.0. The van der Waals surface area contributed by atoms with Gasteiger partial charge in [-0.15, -0.1) is 0 Å². The molecule has 0 bridgehead atoms. The van der Waals surface area contributed by atoms with Gasteiger partial charge in [-0.25, -0.2) is 9.59 Å². The molecule has 1 aliphatic rings. The van der Waals surface area contributed by atoms with Crippen molar-refractivity contribution in [3.05, 3.63) is 47.5 Å². The highest BCUT2D eigenvalue weighted by Gasteiger charge is 2.34. The summed E-state index contributed by atoms with van der Waals surface area (Å²) in [5.41, 5.74) is 1.16. The van der Waals surface area contributed by atoms with Crippen LogP contribution in [0.25, 0.3) is 0 Å². The Hall–Kier alpha value is -2.38. The van der Waals surface area contributed by atoms with Gasteiger partial charge in [0.2, 0.25) is 0 Å². The van der Waals surface area contributed by atoms with E-state index >= 15 is 0 Å². The van der Waals surface area contributed by atoms with E-state index in [1.54, 1.807) is 7.05 Å². The van der Waals surface area contributed by atoms with E-state index in [4.69, 9.17) is 4.74 Å². The molecule has 2 rings (SSSR count). The molecule has 7 heteroatoms. The fraction of sp³-hybridized carbons (Fsp3) is 0.444. The molecule has 0 unspecified atom stereocenters. The molecule has 0 spiro atoms. The summed E-state index contributed by atoms with van der Waals surface area (Å²) in [5, 5.41) is 20.0. The average Bonchev–Trinajstić information content (AvgIpc) is 2.63. The highest BCUT2D eigenvalue weighted by molar-refractivity contribution is 5.88. The highest BCUT2D eigenvalue weighted by atomic mass is 16.6. The number of hydrogen-bond donors (Lipinski definition) is 2. The molecule has 1 aromatic rings. The third kappa shape index (κ3) is 5.04. The number of aliphatic hydroxyl groups is 2. The molecule has 0 radical (unpaired) electrons. The zero-order valence-corrected chi connectivity index (χ0v) is 14.3. The van der Waals surface area contributed by atoms with Gasteiger partial charge in [0.15, 0.2) is 0 Å². The maximum Gasteiger partial charge on any atom is 0.409 e. The number of rotatable bonds is 5. The number of esters is 1. The molecule has 1 amide bonds. The lowest BCUT2D eigenvalue weighted by Gasteiger charge is -2.33. The van der Waals surface area contributed by atoms with E-state index in [2.05, 4.69) is 4.74 Å². The molecule has 0 aromatic heterocycles. The Morgan fingerprint density at radius 2 is 1.92 bits per heavy atom. The van der Waals surface area contributed by atoms with Crippen molar-refractivity contribution in [3.8, 4) is 0 Å². The summed E-state index contributed by atoms with van der Waals surface area (Å²) in [4.78, 5) is 25.1. The van der Waals surface area contributed by atoms with Crippen LogP contribution in [0.15, 0.2) is 42.0 Å². The third-order valence-corrected chi connectivity index (χ3v) is 4.16. The molecule has 0 saturated carbocycles. The summed E-state index contributed by atoms with van der Waals surface area (Å²) in [6.45, 7) is 0.285. The van der Waals surface area contributed by atoms with Crippen LogP contribution in [-0.2, 0) is 20.9 Å².